The highest BCUT2D eigenvalue weighted by atomic mass is 32.2. The first-order chi connectivity index (χ1) is 2.89. The van der Waals surface area contributed by atoms with E-state index in [1.165, 1.54) is 11.9 Å². The Morgan fingerprint density at radius 2 is 2.83 bits per heavy atom. The van der Waals surface area contributed by atoms with Gasteiger partial charge in [0.25, 0.3) is 4.52 Å². The first-order valence-corrected chi connectivity index (χ1v) is 2.47. The predicted octanol–water partition coefficient (Wildman–Crippen LogP) is 1.30. The largest absolute Gasteiger partial charge is 0.306 e. The highest BCUT2D eigenvalue weighted by molar-refractivity contribution is 8.00. The van der Waals surface area contributed by atoms with Crippen LogP contribution < -0.4 is 4.52 Å². The van der Waals surface area contributed by atoms with E-state index in [0.29, 0.717) is 0 Å². The van der Waals surface area contributed by atoms with Crippen molar-refractivity contribution < 1.29 is 0 Å². The molecule has 2 nitrogen and oxygen atoms in total. The van der Waals surface area contributed by atoms with Crippen LogP contribution in [0.25, 0.3) is 0 Å². The third-order valence-corrected chi connectivity index (χ3v) is 1.09. The van der Waals surface area contributed by atoms with Gasteiger partial charge in [-0.2, -0.15) is 0 Å². The van der Waals surface area contributed by atoms with Crippen molar-refractivity contribution in [1.29, 1.82) is 0 Å². The van der Waals surface area contributed by atoms with E-state index in [1.807, 2.05) is 12.3 Å². The van der Waals surface area contributed by atoms with Crippen LogP contribution >= 0.6 is 11.9 Å². The first-order valence-electron chi connectivity index (χ1n) is 1.63. The van der Waals surface area contributed by atoms with Crippen LogP contribution in [0.3, 0.4) is 0 Å². The van der Waals surface area contributed by atoms with Gasteiger partial charge in [-0.05, 0) is 6.92 Å². The zero-order valence-corrected chi connectivity index (χ0v) is 4.20. The maximum atomic E-state index is 3.69. The SMILES string of the molecule is CC1=CS[N+]=N1. The minimum absolute atomic E-state index is 1.00. The fourth-order valence-corrected chi connectivity index (χ4v) is 0.634. The molecule has 0 amide bonds. The standard InChI is InChI=1S/C3H4N2S/c1-3-2-6-5-4-3/h2H,1H3/q+1. The normalized spacial score (nSPS) is 18.5. The Morgan fingerprint density at radius 3 is 3.00 bits per heavy atom. The quantitative estimate of drug-likeness (QED) is 0.421. The van der Waals surface area contributed by atoms with Crippen molar-refractivity contribution >= 4 is 11.9 Å². The molecule has 1 aliphatic rings. The van der Waals surface area contributed by atoms with Crippen LogP contribution in [-0.2, 0) is 0 Å². The van der Waals surface area contributed by atoms with E-state index >= 15 is 0 Å². The molecule has 0 N–H and O–H groups in total. The van der Waals surface area contributed by atoms with Gasteiger partial charge in [0.15, 0.2) is 0 Å². The van der Waals surface area contributed by atoms with Crippen molar-refractivity contribution in [3.05, 3.63) is 11.1 Å². The highest BCUT2D eigenvalue weighted by Crippen LogP contribution is 2.09. The van der Waals surface area contributed by atoms with Crippen LogP contribution in [0.5, 0.6) is 0 Å². The van der Waals surface area contributed by atoms with Crippen LogP contribution in [0.4, 0.5) is 0 Å². The molecule has 0 spiro atoms. The molecule has 1 heterocycles. The molecule has 1 aliphatic heterocycles. The lowest BCUT2D eigenvalue weighted by atomic mass is 10.6. The van der Waals surface area contributed by atoms with Crippen molar-refractivity contribution in [3.63, 3.8) is 0 Å². The van der Waals surface area contributed by atoms with Crippen LogP contribution in [0.2, 0.25) is 0 Å². The zero-order chi connectivity index (χ0) is 4.41. The summed E-state index contributed by atoms with van der Waals surface area (Å²) in [5.74, 6) is 0. The topological polar surface area (TPSA) is 26.5 Å². The Bertz CT molecular complexity index is 103. The van der Waals surface area contributed by atoms with E-state index in [1.54, 1.807) is 0 Å². The Balaban J connectivity index is 2.68. The van der Waals surface area contributed by atoms with Crippen molar-refractivity contribution in [2.45, 2.75) is 6.92 Å². The molecule has 1 rings (SSSR count). The molecule has 0 saturated heterocycles. The van der Waals surface area contributed by atoms with Gasteiger partial charge >= 0.3 is 11.9 Å². The van der Waals surface area contributed by atoms with E-state index in [9.17, 15) is 0 Å². The van der Waals surface area contributed by atoms with Crippen molar-refractivity contribution in [2.24, 2.45) is 5.11 Å². The molecule has 0 saturated carbocycles. The number of hydrogen-bond donors (Lipinski definition) is 0. The second-order valence-corrected chi connectivity index (χ2v) is 1.66. The second-order valence-electron chi connectivity index (χ2n) is 1.05. The summed E-state index contributed by atoms with van der Waals surface area (Å²) in [7, 11) is 0. The molecule has 0 aliphatic carbocycles. The van der Waals surface area contributed by atoms with Gasteiger partial charge in [-0.15, -0.1) is 0 Å². The lowest BCUT2D eigenvalue weighted by Crippen LogP contribution is -1.55. The van der Waals surface area contributed by atoms with E-state index < -0.39 is 0 Å². The van der Waals surface area contributed by atoms with E-state index in [-0.39, 0.29) is 0 Å². The molecule has 31 valence electrons. The molecule has 0 aromatic rings. The number of nitrogens with zero attached hydrogens (tertiary/aromatic N) is 2. The maximum absolute atomic E-state index is 3.69. The van der Waals surface area contributed by atoms with Gasteiger partial charge in [0, 0.05) is 0 Å². The number of rotatable bonds is 0. The van der Waals surface area contributed by atoms with Gasteiger partial charge in [-0.3, -0.25) is 0 Å². The molecule has 0 aromatic carbocycles. The molecule has 0 unspecified atom stereocenters. The molecular weight excluding hydrogens is 96.1 g/mol. The summed E-state index contributed by atoms with van der Waals surface area (Å²) < 4.78 is 3.61. The molecular formula is C3H4N2S+. The fraction of sp³-hybridized carbons (Fsp3) is 0.333. The minimum atomic E-state index is 1.00. The summed E-state index contributed by atoms with van der Waals surface area (Å²) in [5, 5.41) is 5.59. The summed E-state index contributed by atoms with van der Waals surface area (Å²) in [5.41, 5.74) is 1.00. The van der Waals surface area contributed by atoms with Crippen molar-refractivity contribution in [3.8, 4) is 0 Å². The Morgan fingerprint density at radius 1 is 2.00 bits per heavy atom. The average molecular weight is 100 g/mol. The molecule has 0 atom stereocenters. The van der Waals surface area contributed by atoms with Crippen LogP contribution in [0.15, 0.2) is 16.2 Å². The van der Waals surface area contributed by atoms with Crippen LogP contribution in [-0.4, -0.2) is 0 Å². The number of hydrogen-bond acceptors (Lipinski definition) is 3. The molecule has 3 heteroatoms. The Kier molecular flexibility index (Phi) is 0.919. The predicted molar refractivity (Wildman–Crippen MR) is 25.9 cm³/mol. The summed E-state index contributed by atoms with van der Waals surface area (Å²) in [6, 6.07) is 0. The van der Waals surface area contributed by atoms with E-state index in [4.69, 9.17) is 0 Å². The summed E-state index contributed by atoms with van der Waals surface area (Å²) in [6.07, 6.45) is 0. The third-order valence-electron chi connectivity index (χ3n) is 0.469. The summed E-state index contributed by atoms with van der Waals surface area (Å²) >= 11 is 1.38. The van der Waals surface area contributed by atoms with Gasteiger partial charge in [-0.25, -0.2) is 0 Å². The van der Waals surface area contributed by atoms with Gasteiger partial charge in [0.2, 0.25) is 0 Å². The van der Waals surface area contributed by atoms with Gasteiger partial charge in [0.05, 0.1) is 10.5 Å². The smallest absolute Gasteiger partial charge is 0.0151 e. The minimum Gasteiger partial charge on any atom is -0.0151 e. The van der Waals surface area contributed by atoms with Gasteiger partial charge in [-0.1, -0.05) is 0 Å². The van der Waals surface area contributed by atoms with Gasteiger partial charge in [0.1, 0.15) is 5.70 Å². The Hall–Kier alpha value is -0.310. The van der Waals surface area contributed by atoms with Gasteiger partial charge < -0.3 is 0 Å². The summed E-state index contributed by atoms with van der Waals surface area (Å²) in [4.78, 5) is 0. The van der Waals surface area contributed by atoms with Crippen LogP contribution in [0, 0.1) is 0 Å². The monoisotopic (exact) mass is 100 g/mol. The third kappa shape index (κ3) is 0.597. The van der Waals surface area contributed by atoms with E-state index in [2.05, 4.69) is 9.63 Å². The fourth-order valence-electron chi connectivity index (χ4n) is 0.211. The van der Waals surface area contributed by atoms with Crippen molar-refractivity contribution in [1.82, 2.24) is 4.52 Å². The Labute approximate surface area is 40.5 Å². The summed E-state index contributed by atoms with van der Waals surface area (Å²) in [6.45, 7) is 1.92. The lowest BCUT2D eigenvalue weighted by molar-refractivity contribution is 1.15. The van der Waals surface area contributed by atoms with Crippen LogP contribution in [0.1, 0.15) is 6.92 Å². The molecule has 0 aromatic heterocycles. The first kappa shape index (κ1) is 3.87. The number of allylic oxidation sites excluding steroid dienone is 1. The highest BCUT2D eigenvalue weighted by Gasteiger charge is 2.05. The zero-order valence-electron chi connectivity index (χ0n) is 3.38. The average Bonchev–Trinajstić information content (AvgIpc) is 1.86. The maximum Gasteiger partial charge on any atom is 0.306 e. The molecule has 0 fully saturated rings. The lowest BCUT2D eigenvalue weighted by Gasteiger charge is -1.58. The molecule has 1 radical (unpaired) electrons. The molecule has 6 heavy (non-hydrogen) atoms. The second kappa shape index (κ2) is 1.43. The molecule has 0 bridgehead atoms. The van der Waals surface area contributed by atoms with E-state index in [0.717, 1.165) is 5.70 Å². The van der Waals surface area contributed by atoms with Crippen molar-refractivity contribution in [2.75, 3.05) is 0 Å².